The highest BCUT2D eigenvalue weighted by Gasteiger charge is 2.29. The SMILES string of the molecule is CC1CCC(NCC(C)(C)C)C1C. The molecule has 3 unspecified atom stereocenters. The van der Waals surface area contributed by atoms with E-state index in [1.165, 1.54) is 12.8 Å². The molecule has 0 aromatic heterocycles. The van der Waals surface area contributed by atoms with E-state index in [1.54, 1.807) is 0 Å². The molecule has 0 heterocycles. The van der Waals surface area contributed by atoms with Crippen molar-refractivity contribution in [2.45, 2.75) is 53.5 Å². The predicted octanol–water partition coefficient (Wildman–Crippen LogP) is 3.06. The Morgan fingerprint density at radius 1 is 1.15 bits per heavy atom. The zero-order valence-corrected chi connectivity index (χ0v) is 9.85. The van der Waals surface area contributed by atoms with Gasteiger partial charge in [0, 0.05) is 12.6 Å². The predicted molar refractivity (Wildman–Crippen MR) is 58.8 cm³/mol. The molecule has 0 bridgehead atoms. The number of rotatable bonds is 2. The van der Waals surface area contributed by atoms with E-state index in [-0.39, 0.29) is 0 Å². The Morgan fingerprint density at radius 3 is 2.15 bits per heavy atom. The van der Waals surface area contributed by atoms with Gasteiger partial charge in [-0.2, -0.15) is 0 Å². The molecule has 0 radical (unpaired) electrons. The maximum atomic E-state index is 3.70. The van der Waals surface area contributed by atoms with Crippen LogP contribution in [-0.4, -0.2) is 12.6 Å². The molecular formula is C12H25N. The van der Waals surface area contributed by atoms with Crippen molar-refractivity contribution in [3.63, 3.8) is 0 Å². The summed E-state index contributed by atoms with van der Waals surface area (Å²) in [5.74, 6) is 1.78. The molecular weight excluding hydrogens is 158 g/mol. The third kappa shape index (κ3) is 3.30. The minimum absolute atomic E-state index is 0.422. The average molecular weight is 183 g/mol. The standard InChI is InChI=1S/C12H25N/c1-9-6-7-11(10(9)2)13-8-12(3,4)5/h9-11,13H,6-8H2,1-5H3. The van der Waals surface area contributed by atoms with Crippen molar-refractivity contribution in [1.29, 1.82) is 0 Å². The van der Waals surface area contributed by atoms with Crippen LogP contribution in [0.4, 0.5) is 0 Å². The third-order valence-corrected chi connectivity index (χ3v) is 3.36. The van der Waals surface area contributed by atoms with Gasteiger partial charge in [-0.05, 0) is 30.1 Å². The summed E-state index contributed by atoms with van der Waals surface area (Å²) in [4.78, 5) is 0. The lowest BCUT2D eigenvalue weighted by molar-refractivity contribution is 0.309. The van der Waals surface area contributed by atoms with Crippen LogP contribution in [0.5, 0.6) is 0 Å². The fourth-order valence-corrected chi connectivity index (χ4v) is 2.09. The largest absolute Gasteiger partial charge is 0.313 e. The molecule has 1 aliphatic carbocycles. The highest BCUT2D eigenvalue weighted by molar-refractivity contribution is 4.85. The van der Waals surface area contributed by atoms with Gasteiger partial charge in [0.05, 0.1) is 0 Å². The smallest absolute Gasteiger partial charge is 0.00955 e. The van der Waals surface area contributed by atoms with Gasteiger partial charge in [0.1, 0.15) is 0 Å². The second-order valence-corrected chi connectivity index (χ2v) is 5.96. The van der Waals surface area contributed by atoms with Gasteiger partial charge in [0.25, 0.3) is 0 Å². The summed E-state index contributed by atoms with van der Waals surface area (Å²) in [6, 6.07) is 0.772. The summed E-state index contributed by atoms with van der Waals surface area (Å²) in [6.07, 6.45) is 2.78. The molecule has 78 valence electrons. The normalized spacial score (nSPS) is 35.3. The van der Waals surface area contributed by atoms with Crippen molar-refractivity contribution in [1.82, 2.24) is 5.32 Å². The lowest BCUT2D eigenvalue weighted by atomic mass is 9.94. The Kier molecular flexibility index (Phi) is 3.39. The monoisotopic (exact) mass is 183 g/mol. The molecule has 0 aromatic carbocycles. The van der Waals surface area contributed by atoms with E-state index < -0.39 is 0 Å². The molecule has 1 rings (SSSR count). The van der Waals surface area contributed by atoms with Gasteiger partial charge in [0.2, 0.25) is 0 Å². The quantitative estimate of drug-likeness (QED) is 0.694. The first-order chi connectivity index (χ1) is 5.90. The van der Waals surface area contributed by atoms with Gasteiger partial charge < -0.3 is 5.32 Å². The highest BCUT2D eigenvalue weighted by atomic mass is 14.9. The van der Waals surface area contributed by atoms with Crippen molar-refractivity contribution in [2.75, 3.05) is 6.54 Å². The molecule has 0 amide bonds. The molecule has 1 N–H and O–H groups in total. The van der Waals surface area contributed by atoms with Gasteiger partial charge in [-0.25, -0.2) is 0 Å². The van der Waals surface area contributed by atoms with E-state index in [0.717, 1.165) is 24.4 Å². The summed E-state index contributed by atoms with van der Waals surface area (Å²) in [6.45, 7) is 12.8. The van der Waals surface area contributed by atoms with Crippen molar-refractivity contribution in [3.8, 4) is 0 Å². The zero-order chi connectivity index (χ0) is 10.1. The summed E-state index contributed by atoms with van der Waals surface area (Å²) in [5, 5.41) is 3.70. The van der Waals surface area contributed by atoms with E-state index in [9.17, 15) is 0 Å². The van der Waals surface area contributed by atoms with Gasteiger partial charge in [-0.15, -0.1) is 0 Å². The molecule has 1 saturated carbocycles. The number of hydrogen-bond donors (Lipinski definition) is 1. The molecule has 0 aromatic rings. The van der Waals surface area contributed by atoms with Gasteiger partial charge in [-0.1, -0.05) is 34.6 Å². The summed E-state index contributed by atoms with van der Waals surface area (Å²) in [5.41, 5.74) is 0.422. The van der Waals surface area contributed by atoms with E-state index >= 15 is 0 Å². The fourth-order valence-electron chi connectivity index (χ4n) is 2.09. The van der Waals surface area contributed by atoms with E-state index in [4.69, 9.17) is 0 Å². The number of nitrogens with one attached hydrogen (secondary N) is 1. The molecule has 0 spiro atoms. The van der Waals surface area contributed by atoms with Crippen LogP contribution in [0.2, 0.25) is 0 Å². The zero-order valence-electron chi connectivity index (χ0n) is 9.85. The van der Waals surface area contributed by atoms with Crippen LogP contribution >= 0.6 is 0 Å². The molecule has 0 saturated heterocycles. The van der Waals surface area contributed by atoms with Crippen LogP contribution in [0.1, 0.15) is 47.5 Å². The summed E-state index contributed by atoms with van der Waals surface area (Å²) in [7, 11) is 0. The second kappa shape index (κ2) is 4.00. The van der Waals surface area contributed by atoms with Crippen LogP contribution in [0, 0.1) is 17.3 Å². The Labute approximate surface area is 83.3 Å². The van der Waals surface area contributed by atoms with Crippen LogP contribution < -0.4 is 5.32 Å². The van der Waals surface area contributed by atoms with Crippen LogP contribution in [0.25, 0.3) is 0 Å². The molecule has 13 heavy (non-hydrogen) atoms. The Morgan fingerprint density at radius 2 is 1.77 bits per heavy atom. The highest BCUT2D eigenvalue weighted by Crippen LogP contribution is 2.31. The topological polar surface area (TPSA) is 12.0 Å². The summed E-state index contributed by atoms with van der Waals surface area (Å²) >= 11 is 0. The summed E-state index contributed by atoms with van der Waals surface area (Å²) < 4.78 is 0. The van der Waals surface area contributed by atoms with E-state index in [0.29, 0.717) is 5.41 Å². The molecule has 1 aliphatic rings. The second-order valence-electron chi connectivity index (χ2n) is 5.96. The first-order valence-corrected chi connectivity index (χ1v) is 5.63. The third-order valence-electron chi connectivity index (χ3n) is 3.36. The van der Waals surface area contributed by atoms with Gasteiger partial charge in [-0.3, -0.25) is 0 Å². The van der Waals surface area contributed by atoms with Crippen LogP contribution in [-0.2, 0) is 0 Å². The molecule has 1 heteroatoms. The number of hydrogen-bond acceptors (Lipinski definition) is 1. The maximum absolute atomic E-state index is 3.70. The Balaban J connectivity index is 2.30. The van der Waals surface area contributed by atoms with Crippen molar-refractivity contribution in [3.05, 3.63) is 0 Å². The van der Waals surface area contributed by atoms with E-state index in [2.05, 4.69) is 39.9 Å². The van der Waals surface area contributed by atoms with Gasteiger partial charge in [0.15, 0.2) is 0 Å². The Bertz CT molecular complexity index is 157. The minimum atomic E-state index is 0.422. The fraction of sp³-hybridized carbons (Fsp3) is 1.00. The van der Waals surface area contributed by atoms with Crippen LogP contribution in [0.15, 0.2) is 0 Å². The maximum Gasteiger partial charge on any atom is 0.00955 e. The lowest BCUT2D eigenvalue weighted by Crippen LogP contribution is -2.37. The molecule has 3 atom stereocenters. The lowest BCUT2D eigenvalue weighted by Gasteiger charge is -2.25. The first kappa shape index (κ1) is 11.0. The van der Waals surface area contributed by atoms with Gasteiger partial charge >= 0.3 is 0 Å². The van der Waals surface area contributed by atoms with Crippen molar-refractivity contribution < 1.29 is 0 Å². The minimum Gasteiger partial charge on any atom is -0.313 e. The van der Waals surface area contributed by atoms with Crippen molar-refractivity contribution in [2.24, 2.45) is 17.3 Å². The average Bonchev–Trinajstić information content (AvgIpc) is 2.29. The molecule has 1 nitrogen and oxygen atoms in total. The van der Waals surface area contributed by atoms with Crippen LogP contribution in [0.3, 0.4) is 0 Å². The Hall–Kier alpha value is -0.0400. The van der Waals surface area contributed by atoms with E-state index in [1.807, 2.05) is 0 Å². The molecule has 0 aliphatic heterocycles. The van der Waals surface area contributed by atoms with Crippen molar-refractivity contribution >= 4 is 0 Å². The molecule has 1 fully saturated rings. The first-order valence-electron chi connectivity index (χ1n) is 5.63.